The van der Waals surface area contributed by atoms with Crippen LogP contribution in [-0.4, -0.2) is 18.6 Å². The van der Waals surface area contributed by atoms with Crippen LogP contribution in [0.2, 0.25) is 0 Å². The SMILES string of the molecule is O=C1NC(c2ccccc2)=C(C(=O)c2ccccc2)[C@H](c2ccc3c(c2)OCO3)N1. The van der Waals surface area contributed by atoms with Gasteiger partial charge in [-0.15, -0.1) is 0 Å². The van der Waals surface area contributed by atoms with E-state index in [4.69, 9.17) is 9.47 Å². The third-order valence-electron chi connectivity index (χ3n) is 5.15. The first-order valence-corrected chi connectivity index (χ1v) is 9.57. The fourth-order valence-electron chi connectivity index (χ4n) is 3.73. The van der Waals surface area contributed by atoms with Gasteiger partial charge in [0.2, 0.25) is 6.79 Å². The number of benzene rings is 3. The molecule has 3 aromatic carbocycles. The van der Waals surface area contributed by atoms with Crippen LogP contribution < -0.4 is 20.1 Å². The Hall–Kier alpha value is -4.06. The number of fused-ring (bicyclic) bond motifs is 1. The highest BCUT2D eigenvalue weighted by atomic mass is 16.7. The van der Waals surface area contributed by atoms with Crippen LogP contribution >= 0.6 is 0 Å². The van der Waals surface area contributed by atoms with Crippen molar-refractivity contribution in [2.75, 3.05) is 6.79 Å². The van der Waals surface area contributed by atoms with E-state index in [9.17, 15) is 9.59 Å². The van der Waals surface area contributed by atoms with Crippen molar-refractivity contribution in [1.29, 1.82) is 0 Å². The molecule has 0 saturated heterocycles. The van der Waals surface area contributed by atoms with E-state index in [0.717, 1.165) is 11.1 Å². The van der Waals surface area contributed by atoms with Crippen molar-refractivity contribution in [3.8, 4) is 11.5 Å². The molecule has 0 bridgehead atoms. The van der Waals surface area contributed by atoms with E-state index in [1.165, 1.54) is 0 Å². The van der Waals surface area contributed by atoms with Crippen molar-refractivity contribution in [3.05, 3.63) is 101 Å². The molecular formula is C24H18N2O4. The van der Waals surface area contributed by atoms with Gasteiger partial charge in [-0.25, -0.2) is 4.79 Å². The van der Waals surface area contributed by atoms with Gasteiger partial charge < -0.3 is 20.1 Å². The van der Waals surface area contributed by atoms with Crippen molar-refractivity contribution in [2.24, 2.45) is 0 Å². The second-order valence-electron chi connectivity index (χ2n) is 6.99. The summed E-state index contributed by atoms with van der Waals surface area (Å²) < 4.78 is 10.9. The molecule has 5 rings (SSSR count). The topological polar surface area (TPSA) is 76.7 Å². The van der Waals surface area contributed by atoms with Crippen molar-refractivity contribution in [2.45, 2.75) is 6.04 Å². The summed E-state index contributed by atoms with van der Waals surface area (Å²) in [6.07, 6.45) is 0. The Bertz CT molecular complexity index is 1160. The monoisotopic (exact) mass is 398 g/mol. The maximum Gasteiger partial charge on any atom is 0.320 e. The Kier molecular flexibility index (Phi) is 4.44. The zero-order valence-corrected chi connectivity index (χ0v) is 15.9. The van der Waals surface area contributed by atoms with Gasteiger partial charge in [-0.05, 0) is 23.3 Å². The molecule has 0 aromatic heterocycles. The van der Waals surface area contributed by atoms with Gasteiger partial charge in [0.25, 0.3) is 0 Å². The number of nitrogens with one attached hydrogen (secondary N) is 2. The lowest BCUT2D eigenvalue weighted by molar-refractivity contribution is 0.102. The average molecular weight is 398 g/mol. The fourth-order valence-corrected chi connectivity index (χ4v) is 3.73. The van der Waals surface area contributed by atoms with E-state index in [0.29, 0.717) is 28.3 Å². The molecular weight excluding hydrogens is 380 g/mol. The van der Waals surface area contributed by atoms with Crippen molar-refractivity contribution >= 4 is 17.5 Å². The van der Waals surface area contributed by atoms with Crippen molar-refractivity contribution < 1.29 is 19.1 Å². The summed E-state index contributed by atoms with van der Waals surface area (Å²) >= 11 is 0. The molecule has 6 nitrogen and oxygen atoms in total. The van der Waals surface area contributed by atoms with Crippen LogP contribution in [0, 0.1) is 0 Å². The summed E-state index contributed by atoms with van der Waals surface area (Å²) in [7, 11) is 0. The average Bonchev–Trinajstić information content (AvgIpc) is 3.27. The predicted molar refractivity (Wildman–Crippen MR) is 111 cm³/mol. The lowest BCUT2D eigenvalue weighted by Crippen LogP contribution is -2.45. The first-order valence-electron chi connectivity index (χ1n) is 9.57. The minimum atomic E-state index is -0.642. The van der Waals surface area contributed by atoms with E-state index in [1.54, 1.807) is 24.3 Å². The van der Waals surface area contributed by atoms with Crippen LogP contribution in [-0.2, 0) is 0 Å². The summed E-state index contributed by atoms with van der Waals surface area (Å²) in [5.41, 5.74) is 3.01. The molecule has 30 heavy (non-hydrogen) atoms. The fraction of sp³-hybridized carbons (Fsp3) is 0.0833. The Morgan fingerprint density at radius 2 is 1.57 bits per heavy atom. The molecule has 2 aliphatic rings. The highest BCUT2D eigenvalue weighted by Gasteiger charge is 2.34. The van der Waals surface area contributed by atoms with Crippen LogP contribution in [0.15, 0.2) is 84.4 Å². The maximum atomic E-state index is 13.6. The molecule has 2 aliphatic heterocycles. The molecule has 0 saturated carbocycles. The van der Waals surface area contributed by atoms with Crippen molar-refractivity contribution in [3.63, 3.8) is 0 Å². The Labute approximate surface area is 173 Å². The van der Waals surface area contributed by atoms with Gasteiger partial charge in [0, 0.05) is 5.56 Å². The van der Waals surface area contributed by atoms with Crippen LogP contribution in [0.25, 0.3) is 5.70 Å². The zero-order valence-electron chi connectivity index (χ0n) is 15.9. The van der Waals surface area contributed by atoms with Gasteiger partial charge in [-0.1, -0.05) is 66.7 Å². The van der Waals surface area contributed by atoms with E-state index < -0.39 is 6.04 Å². The van der Waals surface area contributed by atoms with Gasteiger partial charge in [-0.2, -0.15) is 0 Å². The Morgan fingerprint density at radius 3 is 2.33 bits per heavy atom. The molecule has 0 radical (unpaired) electrons. The number of carbonyl (C=O) groups is 2. The van der Waals surface area contributed by atoms with Gasteiger partial charge in [0.05, 0.1) is 17.3 Å². The minimum Gasteiger partial charge on any atom is -0.454 e. The van der Waals surface area contributed by atoms with Crippen LogP contribution in [0.5, 0.6) is 11.5 Å². The molecule has 0 aliphatic carbocycles. The molecule has 1 atom stereocenters. The molecule has 148 valence electrons. The third-order valence-corrected chi connectivity index (χ3v) is 5.15. The number of hydrogen-bond acceptors (Lipinski definition) is 4. The molecule has 2 amide bonds. The smallest absolute Gasteiger partial charge is 0.320 e. The molecule has 6 heteroatoms. The minimum absolute atomic E-state index is 0.151. The summed E-state index contributed by atoms with van der Waals surface area (Å²) in [4.78, 5) is 26.1. The first-order chi connectivity index (χ1) is 14.7. The Balaban J connectivity index is 1.69. The molecule has 2 N–H and O–H groups in total. The number of Topliss-reactive ketones (excluding diaryl/α,β-unsaturated/α-hetero) is 1. The quantitative estimate of drug-likeness (QED) is 0.650. The highest BCUT2D eigenvalue weighted by Crippen LogP contribution is 2.38. The van der Waals surface area contributed by atoms with E-state index in [-0.39, 0.29) is 18.6 Å². The molecule has 3 aromatic rings. The summed E-state index contributed by atoms with van der Waals surface area (Å²) in [5.74, 6) is 1.07. The van der Waals surface area contributed by atoms with Gasteiger partial charge >= 0.3 is 6.03 Å². The van der Waals surface area contributed by atoms with Crippen LogP contribution in [0.1, 0.15) is 27.5 Å². The molecule has 0 spiro atoms. The number of carbonyl (C=O) groups excluding carboxylic acids is 2. The Morgan fingerprint density at radius 1 is 0.867 bits per heavy atom. The van der Waals surface area contributed by atoms with E-state index >= 15 is 0 Å². The lowest BCUT2D eigenvalue weighted by Gasteiger charge is -2.30. The summed E-state index contributed by atoms with van der Waals surface area (Å²) in [6.45, 7) is 0.151. The van der Waals surface area contributed by atoms with Gasteiger partial charge in [0.1, 0.15) is 0 Å². The largest absolute Gasteiger partial charge is 0.454 e. The number of urea groups is 1. The van der Waals surface area contributed by atoms with Gasteiger partial charge in [-0.3, -0.25) is 4.79 Å². The molecule has 0 fully saturated rings. The standard InChI is InChI=1S/C24H18N2O4/c27-23(16-9-5-2-6-10-16)20-21(15-7-3-1-4-8-15)25-24(28)26-22(20)17-11-12-18-19(13-17)30-14-29-18/h1-13,22H,14H2,(H2,25,26,28)/t22-/m0/s1. The zero-order chi connectivity index (χ0) is 20.5. The van der Waals surface area contributed by atoms with Crippen molar-refractivity contribution in [1.82, 2.24) is 10.6 Å². The van der Waals surface area contributed by atoms with Crippen LogP contribution in [0.3, 0.4) is 0 Å². The predicted octanol–water partition coefficient (Wildman–Crippen LogP) is 4.06. The lowest BCUT2D eigenvalue weighted by atomic mass is 9.87. The summed E-state index contributed by atoms with van der Waals surface area (Å²) in [6, 6.07) is 22.8. The number of rotatable bonds is 4. The highest BCUT2D eigenvalue weighted by molar-refractivity contribution is 6.16. The number of ketones is 1. The van der Waals surface area contributed by atoms with Gasteiger partial charge in [0.15, 0.2) is 17.3 Å². The normalized spacial score (nSPS) is 17.3. The summed E-state index contributed by atoms with van der Waals surface area (Å²) in [5, 5.41) is 5.74. The second kappa shape index (κ2) is 7.40. The first kappa shape index (κ1) is 18.0. The van der Waals surface area contributed by atoms with Crippen LogP contribution in [0.4, 0.5) is 4.79 Å². The van der Waals surface area contributed by atoms with E-state index in [1.807, 2.05) is 54.6 Å². The third kappa shape index (κ3) is 3.18. The molecule has 2 heterocycles. The number of hydrogen-bond donors (Lipinski definition) is 2. The van der Waals surface area contributed by atoms with E-state index in [2.05, 4.69) is 10.6 Å². The number of amides is 2. The second-order valence-corrected chi connectivity index (χ2v) is 6.99. The molecule has 0 unspecified atom stereocenters. The number of ether oxygens (including phenoxy) is 2. The maximum absolute atomic E-state index is 13.6.